The second-order valence-corrected chi connectivity index (χ2v) is 5.81. The summed E-state index contributed by atoms with van der Waals surface area (Å²) in [5.74, 6) is 0. The number of aryl methyl sites for hydroxylation is 4. The zero-order valence-electron chi connectivity index (χ0n) is 11.9. The van der Waals surface area contributed by atoms with Crippen LogP contribution in [0.4, 0.5) is 0 Å². The van der Waals surface area contributed by atoms with E-state index >= 15 is 0 Å². The molecule has 0 fully saturated rings. The van der Waals surface area contributed by atoms with Crippen LogP contribution in [0, 0.1) is 27.7 Å². The van der Waals surface area contributed by atoms with Crippen LogP contribution in [0.2, 0.25) is 0 Å². The second-order valence-electron chi connectivity index (χ2n) is 5.81. The van der Waals surface area contributed by atoms with Crippen molar-refractivity contribution in [3.63, 3.8) is 0 Å². The van der Waals surface area contributed by atoms with Gasteiger partial charge in [-0.05, 0) is 51.0 Å². The maximum atomic E-state index is 2.39. The fourth-order valence-electron chi connectivity index (χ4n) is 3.37. The predicted molar refractivity (Wildman–Crippen MR) is 76.2 cm³/mol. The average molecular weight is 250 g/mol. The predicted octanol–water partition coefficient (Wildman–Crippen LogP) is 2.62. The molecule has 2 aromatic heterocycles. The molecule has 0 atom stereocenters. The first-order valence-electron chi connectivity index (χ1n) is 6.83. The molecule has 94 valence electrons. The lowest BCUT2D eigenvalue weighted by molar-refractivity contribution is -0.872. The fourth-order valence-corrected chi connectivity index (χ4v) is 3.37. The number of rotatable bonds is 0. The van der Waals surface area contributed by atoms with Crippen molar-refractivity contribution in [2.24, 2.45) is 0 Å². The van der Waals surface area contributed by atoms with E-state index in [0.717, 1.165) is 6.67 Å². The van der Waals surface area contributed by atoms with Gasteiger partial charge in [0.15, 0.2) is 12.4 Å². The lowest BCUT2D eigenvalue weighted by Gasteiger charge is -2.02. The Labute approximate surface area is 112 Å². The van der Waals surface area contributed by atoms with Gasteiger partial charge < -0.3 is 0 Å². The molecule has 0 unspecified atom stereocenters. The minimum absolute atomic E-state index is 0.939. The van der Waals surface area contributed by atoms with Crippen LogP contribution in [0.25, 0.3) is 21.8 Å². The van der Waals surface area contributed by atoms with Crippen molar-refractivity contribution in [3.8, 4) is 0 Å². The topological polar surface area (TPSA) is 7.76 Å². The minimum atomic E-state index is 0.939. The summed E-state index contributed by atoms with van der Waals surface area (Å²) in [5.41, 5.74) is 8.33. The first-order chi connectivity index (χ1) is 9.08. The van der Waals surface area contributed by atoms with E-state index in [4.69, 9.17) is 0 Å². The minimum Gasteiger partial charge on any atom is -0.133 e. The van der Waals surface area contributed by atoms with E-state index in [1.54, 1.807) is 0 Å². The number of pyridine rings is 2. The number of hydrogen-bond acceptors (Lipinski definition) is 0. The highest BCUT2D eigenvalue weighted by Crippen LogP contribution is 2.28. The van der Waals surface area contributed by atoms with Gasteiger partial charge in [0.05, 0.1) is 10.8 Å². The molecule has 0 saturated carbocycles. The van der Waals surface area contributed by atoms with Crippen LogP contribution in [0.1, 0.15) is 22.3 Å². The van der Waals surface area contributed by atoms with Gasteiger partial charge in [-0.1, -0.05) is 0 Å². The SMILES string of the molecule is Cc1c[n+]2c3c(ccc4c(C)c(C)c[n+](c43)C2)c1C. The maximum Gasteiger partial charge on any atom is 0.345 e. The number of hydrogen-bond donors (Lipinski definition) is 0. The van der Waals surface area contributed by atoms with Gasteiger partial charge in [-0.15, -0.1) is 9.13 Å². The van der Waals surface area contributed by atoms with Crippen molar-refractivity contribution in [2.75, 3.05) is 0 Å². The summed E-state index contributed by atoms with van der Waals surface area (Å²) in [5, 5.41) is 2.78. The summed E-state index contributed by atoms with van der Waals surface area (Å²) >= 11 is 0. The molecule has 0 saturated heterocycles. The van der Waals surface area contributed by atoms with Crippen LogP contribution in [0.5, 0.6) is 0 Å². The summed E-state index contributed by atoms with van der Waals surface area (Å²) in [6.45, 7) is 9.79. The lowest BCUT2D eigenvalue weighted by Crippen LogP contribution is -2.46. The van der Waals surface area contributed by atoms with Gasteiger partial charge >= 0.3 is 6.67 Å². The molecule has 2 heteroatoms. The van der Waals surface area contributed by atoms with Crippen molar-refractivity contribution < 1.29 is 9.13 Å². The van der Waals surface area contributed by atoms with E-state index in [1.807, 2.05) is 0 Å². The van der Waals surface area contributed by atoms with Gasteiger partial charge in [0.1, 0.15) is 0 Å². The largest absolute Gasteiger partial charge is 0.345 e. The summed E-state index contributed by atoms with van der Waals surface area (Å²) in [4.78, 5) is 0. The Morgan fingerprint density at radius 1 is 0.737 bits per heavy atom. The van der Waals surface area contributed by atoms with Crippen molar-refractivity contribution >= 4 is 21.8 Å². The maximum absolute atomic E-state index is 2.39. The Kier molecular flexibility index (Phi) is 1.91. The van der Waals surface area contributed by atoms with E-state index in [-0.39, 0.29) is 0 Å². The Balaban J connectivity index is 2.34. The molecule has 1 aliphatic rings. The lowest BCUT2D eigenvalue weighted by atomic mass is 10.0. The van der Waals surface area contributed by atoms with Crippen molar-refractivity contribution in [1.82, 2.24) is 0 Å². The third-order valence-electron chi connectivity index (χ3n) is 4.72. The molecule has 1 aliphatic heterocycles. The molecule has 4 rings (SSSR count). The second kappa shape index (κ2) is 3.32. The average Bonchev–Trinajstić information content (AvgIpc) is 2.74. The van der Waals surface area contributed by atoms with Gasteiger partial charge in [-0.25, -0.2) is 0 Å². The third kappa shape index (κ3) is 1.21. The zero-order valence-corrected chi connectivity index (χ0v) is 11.9. The van der Waals surface area contributed by atoms with Gasteiger partial charge in [-0.2, -0.15) is 0 Å². The van der Waals surface area contributed by atoms with Crippen LogP contribution in [-0.4, -0.2) is 0 Å². The Hall–Kier alpha value is -1.96. The van der Waals surface area contributed by atoms with E-state index in [9.17, 15) is 0 Å². The molecule has 19 heavy (non-hydrogen) atoms. The van der Waals surface area contributed by atoms with Crippen molar-refractivity contribution in [3.05, 3.63) is 46.8 Å². The van der Waals surface area contributed by atoms with E-state index in [0.29, 0.717) is 0 Å². The molecule has 0 N–H and O–H groups in total. The van der Waals surface area contributed by atoms with E-state index in [2.05, 4.69) is 61.4 Å². The van der Waals surface area contributed by atoms with Gasteiger partial charge in [0, 0.05) is 11.1 Å². The van der Waals surface area contributed by atoms with Crippen LogP contribution in [0.3, 0.4) is 0 Å². The summed E-state index contributed by atoms with van der Waals surface area (Å²) in [6.07, 6.45) is 4.57. The number of nitrogens with zero attached hydrogens (tertiary/aromatic N) is 2. The van der Waals surface area contributed by atoms with Gasteiger partial charge in [-0.3, -0.25) is 0 Å². The monoisotopic (exact) mass is 250 g/mol. The molecule has 3 heterocycles. The first kappa shape index (κ1) is 10.9. The molecule has 0 aliphatic carbocycles. The highest BCUT2D eigenvalue weighted by molar-refractivity contribution is 6.02. The Bertz CT molecular complexity index is 803. The molecule has 0 bridgehead atoms. The quantitative estimate of drug-likeness (QED) is 0.335. The summed E-state index contributed by atoms with van der Waals surface area (Å²) < 4.78 is 4.78. The third-order valence-corrected chi connectivity index (χ3v) is 4.72. The highest BCUT2D eigenvalue weighted by Gasteiger charge is 2.33. The van der Waals surface area contributed by atoms with Crippen LogP contribution in [-0.2, 0) is 6.67 Å². The number of benzene rings is 1. The molecular formula is C17H18N2+2. The summed E-state index contributed by atoms with van der Waals surface area (Å²) in [6, 6.07) is 4.58. The van der Waals surface area contributed by atoms with Crippen molar-refractivity contribution in [2.45, 2.75) is 34.4 Å². The molecule has 0 radical (unpaired) electrons. The van der Waals surface area contributed by atoms with Crippen LogP contribution in [0.15, 0.2) is 24.5 Å². The molecule has 2 nitrogen and oxygen atoms in total. The standard InChI is InChI=1S/C17H18N2/c1-10-7-18-9-19-8-11(2)13(4)15-6-5-14(12(10)3)16(18)17(15)19/h5-8H,9H2,1-4H3/q+2. The molecule has 1 aromatic carbocycles. The van der Waals surface area contributed by atoms with Crippen molar-refractivity contribution in [1.29, 1.82) is 0 Å². The summed E-state index contributed by atoms with van der Waals surface area (Å²) in [7, 11) is 0. The fraction of sp³-hybridized carbons (Fsp3) is 0.294. The first-order valence-corrected chi connectivity index (χ1v) is 6.83. The molecule has 3 aromatic rings. The van der Waals surface area contributed by atoms with Gasteiger partial charge in [0.2, 0.25) is 0 Å². The molecule has 0 spiro atoms. The van der Waals surface area contributed by atoms with Gasteiger partial charge in [0.25, 0.3) is 11.0 Å². The number of aromatic nitrogens is 2. The zero-order chi connectivity index (χ0) is 13.3. The smallest absolute Gasteiger partial charge is 0.133 e. The Morgan fingerprint density at radius 2 is 1.16 bits per heavy atom. The van der Waals surface area contributed by atoms with Crippen LogP contribution < -0.4 is 9.13 Å². The van der Waals surface area contributed by atoms with E-state index in [1.165, 1.54) is 44.1 Å². The molecular weight excluding hydrogens is 232 g/mol. The molecule has 0 amide bonds. The van der Waals surface area contributed by atoms with E-state index < -0.39 is 0 Å². The normalized spacial score (nSPS) is 13.1. The van der Waals surface area contributed by atoms with Crippen LogP contribution >= 0.6 is 0 Å². The highest BCUT2D eigenvalue weighted by atomic mass is 15.2. The Morgan fingerprint density at radius 3 is 1.58 bits per heavy atom.